The molecule has 2 N–H and O–H groups in total. The van der Waals surface area contributed by atoms with Crippen molar-refractivity contribution in [2.24, 2.45) is 0 Å². The first-order chi connectivity index (χ1) is 8.95. The van der Waals surface area contributed by atoms with Crippen LogP contribution in [0.5, 0.6) is 0 Å². The molecule has 6 nitrogen and oxygen atoms in total. The van der Waals surface area contributed by atoms with Crippen LogP contribution in [0, 0.1) is 11.3 Å². The van der Waals surface area contributed by atoms with Crippen LogP contribution in [0.4, 0.5) is 0 Å². The molecule has 0 bridgehead atoms. The number of amides is 1. The van der Waals surface area contributed by atoms with Gasteiger partial charge in [-0.1, -0.05) is 11.6 Å². The Morgan fingerprint density at radius 1 is 1.68 bits per heavy atom. The number of carboxylic acid groups (broad SMARTS) is 1. The molecule has 100 valence electrons. The van der Waals surface area contributed by atoms with Crippen molar-refractivity contribution in [1.29, 1.82) is 5.26 Å². The third kappa shape index (κ3) is 4.43. The van der Waals surface area contributed by atoms with Gasteiger partial charge in [0.25, 0.3) is 0 Å². The van der Waals surface area contributed by atoms with Gasteiger partial charge in [0.05, 0.1) is 10.6 Å². The first-order valence-electron chi connectivity index (χ1n) is 5.13. The van der Waals surface area contributed by atoms with Crippen LogP contribution in [-0.2, 0) is 9.59 Å². The van der Waals surface area contributed by atoms with Crippen LogP contribution in [0.25, 0.3) is 0 Å². The van der Waals surface area contributed by atoms with Gasteiger partial charge in [-0.3, -0.25) is 4.79 Å². The summed E-state index contributed by atoms with van der Waals surface area (Å²) < 4.78 is 0. The molecule has 0 radical (unpaired) electrons. The van der Waals surface area contributed by atoms with E-state index in [0.29, 0.717) is 5.03 Å². The highest BCUT2D eigenvalue weighted by Crippen LogP contribution is 2.27. The number of carbonyl (C=O) groups is 2. The van der Waals surface area contributed by atoms with E-state index in [9.17, 15) is 9.59 Å². The zero-order chi connectivity index (χ0) is 14.4. The summed E-state index contributed by atoms with van der Waals surface area (Å²) in [4.78, 5) is 25.8. The molecule has 0 aromatic carbocycles. The van der Waals surface area contributed by atoms with Crippen LogP contribution in [0.1, 0.15) is 12.5 Å². The fourth-order valence-electron chi connectivity index (χ4n) is 1.19. The largest absolute Gasteiger partial charge is 0.480 e. The lowest BCUT2D eigenvalue weighted by Crippen LogP contribution is -2.41. The molecule has 19 heavy (non-hydrogen) atoms. The predicted molar refractivity (Wildman–Crippen MR) is 69.9 cm³/mol. The highest BCUT2D eigenvalue weighted by molar-refractivity contribution is 7.99. The van der Waals surface area contributed by atoms with Crippen LogP contribution in [0.15, 0.2) is 17.3 Å². The van der Waals surface area contributed by atoms with E-state index < -0.39 is 17.9 Å². The molecule has 0 saturated carbocycles. The van der Waals surface area contributed by atoms with E-state index in [4.69, 9.17) is 22.0 Å². The Bertz CT molecular complexity index is 544. The maximum atomic E-state index is 10.9. The third-order valence-corrected chi connectivity index (χ3v) is 3.62. The Morgan fingerprint density at radius 2 is 2.37 bits per heavy atom. The number of carbonyl (C=O) groups excluding carboxylic acids is 1. The molecule has 1 atom stereocenters. The molecule has 0 aliphatic heterocycles. The topological polar surface area (TPSA) is 103 Å². The Morgan fingerprint density at radius 3 is 2.89 bits per heavy atom. The van der Waals surface area contributed by atoms with Crippen molar-refractivity contribution in [1.82, 2.24) is 10.3 Å². The van der Waals surface area contributed by atoms with Gasteiger partial charge in [-0.25, -0.2) is 9.78 Å². The van der Waals surface area contributed by atoms with Gasteiger partial charge in [-0.2, -0.15) is 5.26 Å². The van der Waals surface area contributed by atoms with E-state index in [2.05, 4.69) is 10.3 Å². The standard InChI is InChI=1S/C11H10ClN3O3S/c1-6(16)15-8(11(17)18)5-19-10-9(12)7(4-13)2-3-14-10/h2-3,8H,5H2,1H3,(H,15,16)(H,17,18). The SMILES string of the molecule is CC(=O)NC(CSc1nccc(C#N)c1Cl)C(=O)O. The van der Waals surface area contributed by atoms with Gasteiger partial charge >= 0.3 is 5.97 Å². The minimum absolute atomic E-state index is 0.0660. The van der Waals surface area contributed by atoms with E-state index in [-0.39, 0.29) is 16.3 Å². The number of nitriles is 1. The Labute approximate surface area is 118 Å². The normalized spacial score (nSPS) is 11.4. The van der Waals surface area contributed by atoms with Gasteiger partial charge < -0.3 is 10.4 Å². The lowest BCUT2D eigenvalue weighted by Gasteiger charge is -2.12. The van der Waals surface area contributed by atoms with Crippen molar-refractivity contribution in [3.05, 3.63) is 22.8 Å². The molecule has 1 rings (SSSR count). The maximum Gasteiger partial charge on any atom is 0.327 e. The quantitative estimate of drug-likeness (QED) is 0.794. The number of nitrogens with zero attached hydrogens (tertiary/aromatic N) is 2. The van der Waals surface area contributed by atoms with E-state index in [1.54, 1.807) is 0 Å². The number of thioether (sulfide) groups is 1. The number of nitrogens with one attached hydrogen (secondary N) is 1. The van der Waals surface area contributed by atoms with Gasteiger partial charge in [0.1, 0.15) is 17.1 Å². The third-order valence-electron chi connectivity index (χ3n) is 2.04. The fourth-order valence-corrected chi connectivity index (χ4v) is 2.43. The van der Waals surface area contributed by atoms with Gasteiger partial charge in [0.2, 0.25) is 5.91 Å². The molecule has 1 heterocycles. The summed E-state index contributed by atoms with van der Waals surface area (Å²) in [5, 5.41) is 20.6. The Kier molecular flexibility index (Phi) is 5.60. The van der Waals surface area contributed by atoms with Gasteiger partial charge in [0, 0.05) is 18.9 Å². The van der Waals surface area contributed by atoms with Crippen molar-refractivity contribution >= 4 is 35.2 Å². The Hall–Kier alpha value is -1.78. The molecule has 1 amide bonds. The molecule has 8 heteroatoms. The molecule has 0 spiro atoms. The average molecular weight is 300 g/mol. The zero-order valence-electron chi connectivity index (χ0n) is 9.88. The van der Waals surface area contributed by atoms with Crippen molar-refractivity contribution < 1.29 is 14.7 Å². The number of aliphatic carboxylic acids is 1. The minimum Gasteiger partial charge on any atom is -0.480 e. The molecule has 1 aromatic heterocycles. The first kappa shape index (κ1) is 15.3. The molecular formula is C11H10ClN3O3S. The predicted octanol–water partition coefficient (Wildman–Crippen LogP) is 1.29. The van der Waals surface area contributed by atoms with Gasteiger partial charge in [-0.15, -0.1) is 11.8 Å². The molecule has 0 fully saturated rings. The van der Waals surface area contributed by atoms with Crippen LogP contribution in [0.2, 0.25) is 5.02 Å². The van der Waals surface area contributed by atoms with E-state index in [1.165, 1.54) is 19.2 Å². The van der Waals surface area contributed by atoms with Gasteiger partial charge in [0.15, 0.2) is 0 Å². The highest BCUT2D eigenvalue weighted by atomic mass is 35.5. The molecule has 1 aromatic rings. The summed E-state index contributed by atoms with van der Waals surface area (Å²) in [6.07, 6.45) is 1.42. The number of hydrogen-bond donors (Lipinski definition) is 2. The molecule has 1 unspecified atom stereocenters. The second-order valence-corrected chi connectivity index (χ2v) is 4.88. The number of carboxylic acids is 1. The van der Waals surface area contributed by atoms with Crippen molar-refractivity contribution in [3.63, 3.8) is 0 Å². The number of aromatic nitrogens is 1. The van der Waals surface area contributed by atoms with Crippen molar-refractivity contribution in [3.8, 4) is 6.07 Å². The summed E-state index contributed by atoms with van der Waals surface area (Å²) in [5.74, 6) is -1.51. The highest BCUT2D eigenvalue weighted by Gasteiger charge is 2.20. The van der Waals surface area contributed by atoms with Crippen LogP contribution >= 0.6 is 23.4 Å². The second kappa shape index (κ2) is 6.97. The number of rotatable bonds is 5. The maximum absolute atomic E-state index is 10.9. The molecule has 0 aliphatic carbocycles. The van der Waals surface area contributed by atoms with E-state index in [0.717, 1.165) is 11.8 Å². The summed E-state index contributed by atoms with van der Waals surface area (Å²) in [5.41, 5.74) is 0.269. The van der Waals surface area contributed by atoms with Gasteiger partial charge in [-0.05, 0) is 6.07 Å². The van der Waals surface area contributed by atoms with E-state index in [1.807, 2.05) is 6.07 Å². The molecule has 0 saturated heterocycles. The zero-order valence-corrected chi connectivity index (χ0v) is 11.5. The Balaban J connectivity index is 2.78. The fraction of sp³-hybridized carbons (Fsp3) is 0.273. The average Bonchev–Trinajstić information content (AvgIpc) is 2.35. The summed E-state index contributed by atoms with van der Waals surface area (Å²) in [6, 6.07) is 2.34. The van der Waals surface area contributed by atoms with Crippen LogP contribution in [0.3, 0.4) is 0 Å². The number of pyridine rings is 1. The minimum atomic E-state index is -1.14. The molecular weight excluding hydrogens is 290 g/mol. The first-order valence-corrected chi connectivity index (χ1v) is 6.49. The molecule has 0 aliphatic rings. The van der Waals surface area contributed by atoms with Crippen molar-refractivity contribution in [2.75, 3.05) is 5.75 Å². The summed E-state index contributed by atoms with van der Waals surface area (Å²) in [6.45, 7) is 1.24. The van der Waals surface area contributed by atoms with E-state index >= 15 is 0 Å². The second-order valence-electron chi connectivity index (χ2n) is 3.49. The lowest BCUT2D eigenvalue weighted by molar-refractivity contribution is -0.140. The lowest BCUT2D eigenvalue weighted by atomic mass is 10.3. The number of halogens is 1. The smallest absolute Gasteiger partial charge is 0.327 e. The van der Waals surface area contributed by atoms with Crippen LogP contribution < -0.4 is 5.32 Å². The number of hydrogen-bond acceptors (Lipinski definition) is 5. The summed E-state index contributed by atoms with van der Waals surface area (Å²) >= 11 is 7.00. The van der Waals surface area contributed by atoms with Crippen LogP contribution in [-0.4, -0.2) is 33.8 Å². The summed E-state index contributed by atoms with van der Waals surface area (Å²) in [7, 11) is 0. The van der Waals surface area contributed by atoms with Crippen molar-refractivity contribution in [2.45, 2.75) is 18.0 Å². The monoisotopic (exact) mass is 299 g/mol.